The standard InChI is InChI=1S/C12H20N2O2S/c1-9(2)14-8-10(13)7-11(14)12(15)16-5-4-6-17-3/h7-9H,4-6,13H2,1-3H3. The number of hydrogen-bond donors (Lipinski definition) is 1. The van der Waals surface area contributed by atoms with Crippen LogP contribution in [-0.2, 0) is 4.74 Å². The number of thioether (sulfide) groups is 1. The van der Waals surface area contributed by atoms with Gasteiger partial charge in [0.25, 0.3) is 0 Å². The maximum absolute atomic E-state index is 11.8. The van der Waals surface area contributed by atoms with Crippen LogP contribution in [0, 0.1) is 0 Å². The van der Waals surface area contributed by atoms with Gasteiger partial charge in [-0.3, -0.25) is 0 Å². The molecule has 1 aromatic rings. The lowest BCUT2D eigenvalue weighted by Gasteiger charge is -2.11. The van der Waals surface area contributed by atoms with E-state index in [1.54, 1.807) is 24.0 Å². The number of rotatable bonds is 6. The lowest BCUT2D eigenvalue weighted by Crippen LogP contribution is -2.14. The summed E-state index contributed by atoms with van der Waals surface area (Å²) in [4.78, 5) is 11.8. The Bertz CT molecular complexity index is 375. The van der Waals surface area contributed by atoms with Crippen LogP contribution in [-0.4, -0.2) is 29.2 Å². The molecule has 0 aromatic carbocycles. The molecular weight excluding hydrogens is 236 g/mol. The van der Waals surface area contributed by atoms with Crippen LogP contribution in [0.2, 0.25) is 0 Å². The molecule has 0 fully saturated rings. The first-order valence-electron chi connectivity index (χ1n) is 5.69. The average Bonchev–Trinajstić information content (AvgIpc) is 2.66. The van der Waals surface area contributed by atoms with Gasteiger partial charge in [0.1, 0.15) is 5.69 Å². The molecule has 1 heterocycles. The van der Waals surface area contributed by atoms with Crippen molar-refractivity contribution in [3.63, 3.8) is 0 Å². The van der Waals surface area contributed by atoms with Crippen molar-refractivity contribution in [3.05, 3.63) is 18.0 Å². The Labute approximate surface area is 107 Å². The van der Waals surface area contributed by atoms with Crippen LogP contribution in [0.25, 0.3) is 0 Å². The van der Waals surface area contributed by atoms with Crippen molar-refractivity contribution in [1.82, 2.24) is 4.57 Å². The molecule has 0 aliphatic rings. The van der Waals surface area contributed by atoms with Crippen molar-refractivity contribution in [2.24, 2.45) is 0 Å². The molecule has 0 bridgehead atoms. The Morgan fingerprint density at radius 2 is 2.29 bits per heavy atom. The van der Waals surface area contributed by atoms with E-state index in [0.29, 0.717) is 18.0 Å². The SMILES string of the molecule is CSCCCOC(=O)c1cc(N)cn1C(C)C. The van der Waals surface area contributed by atoms with Gasteiger partial charge in [0.05, 0.1) is 12.3 Å². The molecule has 0 spiro atoms. The molecule has 5 heteroatoms. The molecule has 0 saturated heterocycles. The van der Waals surface area contributed by atoms with Crippen LogP contribution < -0.4 is 5.73 Å². The smallest absolute Gasteiger partial charge is 0.355 e. The number of esters is 1. The van der Waals surface area contributed by atoms with Crippen LogP contribution in [0.15, 0.2) is 12.3 Å². The largest absolute Gasteiger partial charge is 0.461 e. The predicted octanol–water partition coefficient (Wildman–Crippen LogP) is 2.56. The molecule has 0 aliphatic carbocycles. The fraction of sp³-hybridized carbons (Fsp3) is 0.583. The van der Waals surface area contributed by atoms with Gasteiger partial charge in [-0.25, -0.2) is 4.79 Å². The number of ether oxygens (including phenoxy) is 1. The molecule has 0 aliphatic heterocycles. The molecule has 96 valence electrons. The first-order chi connectivity index (χ1) is 8.06. The molecule has 0 amide bonds. The van der Waals surface area contributed by atoms with Crippen molar-refractivity contribution in [1.29, 1.82) is 0 Å². The fourth-order valence-electron chi connectivity index (χ4n) is 1.53. The molecule has 0 radical (unpaired) electrons. The monoisotopic (exact) mass is 256 g/mol. The Hall–Kier alpha value is -1.10. The molecule has 17 heavy (non-hydrogen) atoms. The van der Waals surface area contributed by atoms with E-state index in [-0.39, 0.29) is 12.0 Å². The van der Waals surface area contributed by atoms with Gasteiger partial charge in [-0.1, -0.05) is 0 Å². The number of nitrogen functional groups attached to an aromatic ring is 1. The van der Waals surface area contributed by atoms with E-state index in [2.05, 4.69) is 0 Å². The van der Waals surface area contributed by atoms with E-state index in [4.69, 9.17) is 10.5 Å². The summed E-state index contributed by atoms with van der Waals surface area (Å²) in [6.07, 6.45) is 4.68. The van der Waals surface area contributed by atoms with Gasteiger partial charge in [-0.05, 0) is 38.3 Å². The van der Waals surface area contributed by atoms with Gasteiger partial charge in [-0.2, -0.15) is 11.8 Å². The zero-order chi connectivity index (χ0) is 12.8. The number of carbonyl (C=O) groups is 1. The third-order valence-corrected chi connectivity index (χ3v) is 3.06. The Kier molecular flexibility index (Phi) is 5.41. The molecule has 0 atom stereocenters. The number of nitrogens with zero attached hydrogens (tertiary/aromatic N) is 1. The zero-order valence-electron chi connectivity index (χ0n) is 10.6. The highest BCUT2D eigenvalue weighted by atomic mass is 32.2. The van der Waals surface area contributed by atoms with Gasteiger partial charge in [0.15, 0.2) is 0 Å². The maximum Gasteiger partial charge on any atom is 0.355 e. The van der Waals surface area contributed by atoms with Crippen molar-refractivity contribution in [3.8, 4) is 0 Å². The lowest BCUT2D eigenvalue weighted by atomic mass is 10.3. The molecule has 1 aromatic heterocycles. The van der Waals surface area contributed by atoms with E-state index < -0.39 is 0 Å². The zero-order valence-corrected chi connectivity index (χ0v) is 11.4. The molecule has 0 unspecified atom stereocenters. The number of hydrogen-bond acceptors (Lipinski definition) is 4. The maximum atomic E-state index is 11.8. The van der Waals surface area contributed by atoms with Crippen LogP contribution in [0.3, 0.4) is 0 Å². The van der Waals surface area contributed by atoms with Gasteiger partial charge < -0.3 is 15.0 Å². The third-order valence-electron chi connectivity index (χ3n) is 2.36. The van der Waals surface area contributed by atoms with Crippen LogP contribution in [0.4, 0.5) is 5.69 Å². The van der Waals surface area contributed by atoms with Gasteiger partial charge in [0.2, 0.25) is 0 Å². The predicted molar refractivity (Wildman–Crippen MR) is 72.5 cm³/mol. The summed E-state index contributed by atoms with van der Waals surface area (Å²) in [6.45, 7) is 4.47. The van der Waals surface area contributed by atoms with E-state index in [9.17, 15) is 4.79 Å². The quantitative estimate of drug-likeness (QED) is 0.628. The normalized spacial score (nSPS) is 10.8. The van der Waals surface area contributed by atoms with E-state index in [1.165, 1.54) is 0 Å². The summed E-state index contributed by atoms with van der Waals surface area (Å²) >= 11 is 1.74. The lowest BCUT2D eigenvalue weighted by molar-refractivity contribution is 0.0492. The Morgan fingerprint density at radius 3 is 2.88 bits per heavy atom. The van der Waals surface area contributed by atoms with Crippen molar-refractivity contribution < 1.29 is 9.53 Å². The third kappa shape index (κ3) is 4.00. The van der Waals surface area contributed by atoms with Crippen molar-refractivity contribution in [2.75, 3.05) is 24.3 Å². The minimum atomic E-state index is -0.295. The second-order valence-corrected chi connectivity index (χ2v) is 5.13. The number of carbonyl (C=O) groups excluding carboxylic acids is 1. The van der Waals surface area contributed by atoms with Crippen LogP contribution >= 0.6 is 11.8 Å². The highest BCUT2D eigenvalue weighted by molar-refractivity contribution is 7.98. The summed E-state index contributed by atoms with van der Waals surface area (Å²) in [5.74, 6) is 0.706. The highest BCUT2D eigenvalue weighted by Crippen LogP contribution is 2.17. The van der Waals surface area contributed by atoms with Crippen molar-refractivity contribution in [2.45, 2.75) is 26.3 Å². The van der Waals surface area contributed by atoms with Crippen LogP contribution in [0.5, 0.6) is 0 Å². The minimum absolute atomic E-state index is 0.195. The van der Waals surface area contributed by atoms with E-state index in [1.807, 2.05) is 24.7 Å². The fourth-order valence-corrected chi connectivity index (χ4v) is 1.94. The van der Waals surface area contributed by atoms with E-state index >= 15 is 0 Å². The second-order valence-electron chi connectivity index (χ2n) is 4.14. The first-order valence-corrected chi connectivity index (χ1v) is 7.09. The number of nitrogens with two attached hydrogens (primary N) is 1. The van der Waals surface area contributed by atoms with E-state index in [0.717, 1.165) is 12.2 Å². The van der Waals surface area contributed by atoms with Crippen LogP contribution in [0.1, 0.15) is 36.8 Å². The van der Waals surface area contributed by atoms with Gasteiger partial charge in [0, 0.05) is 12.2 Å². The molecule has 1 rings (SSSR count). The molecule has 4 nitrogen and oxygen atoms in total. The van der Waals surface area contributed by atoms with Crippen molar-refractivity contribution >= 4 is 23.4 Å². The summed E-state index contributed by atoms with van der Waals surface area (Å²) < 4.78 is 7.05. The Morgan fingerprint density at radius 1 is 1.59 bits per heavy atom. The minimum Gasteiger partial charge on any atom is -0.461 e. The van der Waals surface area contributed by atoms with Gasteiger partial charge in [-0.15, -0.1) is 0 Å². The summed E-state index contributed by atoms with van der Waals surface area (Å²) in [5.41, 5.74) is 6.82. The highest BCUT2D eigenvalue weighted by Gasteiger charge is 2.15. The van der Waals surface area contributed by atoms with Gasteiger partial charge >= 0.3 is 5.97 Å². The number of aromatic nitrogens is 1. The summed E-state index contributed by atoms with van der Waals surface area (Å²) in [7, 11) is 0. The summed E-state index contributed by atoms with van der Waals surface area (Å²) in [5, 5.41) is 0. The average molecular weight is 256 g/mol. The second kappa shape index (κ2) is 6.59. The first kappa shape index (κ1) is 14.0. The number of anilines is 1. The molecule has 0 saturated carbocycles. The molecule has 2 N–H and O–H groups in total. The topological polar surface area (TPSA) is 57.2 Å². The Balaban J connectivity index is 2.62. The summed E-state index contributed by atoms with van der Waals surface area (Å²) in [6, 6.07) is 1.86. The molecular formula is C12H20N2O2S.